The van der Waals surface area contributed by atoms with Gasteiger partial charge in [-0.1, -0.05) is 0 Å². The summed E-state index contributed by atoms with van der Waals surface area (Å²) in [5.74, 6) is 0. The molecule has 0 spiro atoms. The van der Waals surface area contributed by atoms with Crippen molar-refractivity contribution in [3.05, 3.63) is 0 Å². The van der Waals surface area contributed by atoms with E-state index in [2.05, 4.69) is 0 Å². The van der Waals surface area contributed by atoms with Crippen molar-refractivity contribution < 1.29 is 49.2 Å². The van der Waals surface area contributed by atoms with Crippen LogP contribution in [0.15, 0.2) is 0 Å². The molecule has 0 radical (unpaired) electrons. The zero-order chi connectivity index (χ0) is 16.7. The maximum absolute atomic E-state index is 10.1. The van der Waals surface area contributed by atoms with Gasteiger partial charge in [0.25, 0.3) is 0 Å². The molecule has 3 rings (SSSR count). The second kappa shape index (κ2) is 6.84. The van der Waals surface area contributed by atoms with Gasteiger partial charge in [0.1, 0.15) is 48.8 Å². The molecular weight excluding hydrogens is 316 g/mol. The first-order valence-corrected chi connectivity index (χ1v) is 7.41. The second-order valence-electron chi connectivity index (χ2n) is 5.87. The van der Waals surface area contributed by atoms with E-state index in [1.165, 1.54) is 7.11 Å². The van der Waals surface area contributed by atoms with Crippen LogP contribution in [0.4, 0.5) is 0 Å². The summed E-state index contributed by atoms with van der Waals surface area (Å²) in [5, 5.41) is 49.5. The van der Waals surface area contributed by atoms with Crippen LogP contribution in [0.25, 0.3) is 0 Å². The van der Waals surface area contributed by atoms with Gasteiger partial charge in [0.05, 0.1) is 13.2 Å². The Morgan fingerprint density at radius 1 is 0.957 bits per heavy atom. The molecular formula is C13H22O10. The highest BCUT2D eigenvalue weighted by molar-refractivity contribution is 4.96. The van der Waals surface area contributed by atoms with Crippen LogP contribution < -0.4 is 0 Å². The van der Waals surface area contributed by atoms with Crippen LogP contribution in [0.1, 0.15) is 0 Å². The first-order valence-electron chi connectivity index (χ1n) is 7.41. The van der Waals surface area contributed by atoms with Crippen molar-refractivity contribution in [2.45, 2.75) is 61.4 Å². The van der Waals surface area contributed by atoms with Gasteiger partial charge in [-0.15, -0.1) is 0 Å². The maximum Gasteiger partial charge on any atom is 0.187 e. The normalized spacial score (nSPS) is 53.5. The fraction of sp³-hybridized carbons (Fsp3) is 1.00. The number of methoxy groups -OCH3 is 1. The van der Waals surface area contributed by atoms with Crippen LogP contribution in [0.2, 0.25) is 0 Å². The third kappa shape index (κ3) is 3.00. The highest BCUT2D eigenvalue weighted by Crippen LogP contribution is 2.33. The molecule has 0 saturated carbocycles. The van der Waals surface area contributed by atoms with Crippen molar-refractivity contribution >= 4 is 0 Å². The summed E-state index contributed by atoms with van der Waals surface area (Å²) in [5.41, 5.74) is 0. The summed E-state index contributed by atoms with van der Waals surface area (Å²) >= 11 is 0. The molecule has 0 amide bonds. The number of hydrogen-bond acceptors (Lipinski definition) is 10. The minimum Gasteiger partial charge on any atom is -0.394 e. The Morgan fingerprint density at radius 2 is 1.65 bits per heavy atom. The zero-order valence-corrected chi connectivity index (χ0v) is 12.5. The number of hydrogen-bond donors (Lipinski definition) is 5. The molecule has 10 nitrogen and oxygen atoms in total. The number of aliphatic hydroxyl groups is 5. The van der Waals surface area contributed by atoms with Crippen molar-refractivity contribution in [3.63, 3.8) is 0 Å². The molecule has 0 unspecified atom stereocenters. The van der Waals surface area contributed by atoms with E-state index in [0.29, 0.717) is 0 Å². The topological polar surface area (TPSA) is 147 Å². The van der Waals surface area contributed by atoms with E-state index in [4.69, 9.17) is 23.7 Å². The number of fused-ring (bicyclic) bond motifs is 2. The summed E-state index contributed by atoms with van der Waals surface area (Å²) in [6.07, 6.45) is -11.2. The van der Waals surface area contributed by atoms with E-state index in [0.717, 1.165) is 0 Å². The molecule has 3 saturated heterocycles. The van der Waals surface area contributed by atoms with Crippen molar-refractivity contribution in [3.8, 4) is 0 Å². The highest BCUT2D eigenvalue weighted by atomic mass is 16.8. The lowest BCUT2D eigenvalue weighted by Crippen LogP contribution is -2.63. The van der Waals surface area contributed by atoms with E-state index in [1.54, 1.807) is 0 Å². The molecule has 2 bridgehead atoms. The minimum absolute atomic E-state index is 0.110. The van der Waals surface area contributed by atoms with Gasteiger partial charge >= 0.3 is 0 Å². The molecule has 0 aromatic rings. The van der Waals surface area contributed by atoms with E-state index < -0.39 is 68.0 Å². The summed E-state index contributed by atoms with van der Waals surface area (Å²) < 4.78 is 26.5. The van der Waals surface area contributed by atoms with Crippen LogP contribution in [0.3, 0.4) is 0 Å². The van der Waals surface area contributed by atoms with E-state index in [1.807, 2.05) is 0 Å². The highest BCUT2D eigenvalue weighted by Gasteiger charge is 2.53. The van der Waals surface area contributed by atoms with Crippen LogP contribution in [-0.2, 0) is 23.7 Å². The van der Waals surface area contributed by atoms with E-state index in [9.17, 15) is 25.5 Å². The lowest BCUT2D eigenvalue weighted by Gasteiger charge is -2.44. The van der Waals surface area contributed by atoms with Gasteiger partial charge in [-0.3, -0.25) is 0 Å². The molecule has 3 aliphatic heterocycles. The van der Waals surface area contributed by atoms with Crippen molar-refractivity contribution in [1.29, 1.82) is 0 Å². The predicted octanol–water partition coefficient (Wildman–Crippen LogP) is -3.70. The third-order valence-corrected chi connectivity index (χ3v) is 4.45. The molecule has 0 aromatic heterocycles. The predicted molar refractivity (Wildman–Crippen MR) is 70.1 cm³/mol. The maximum atomic E-state index is 10.1. The Bertz CT molecular complexity index is 406. The molecule has 3 heterocycles. The Hall–Kier alpha value is -0.400. The first kappa shape index (κ1) is 17.4. The van der Waals surface area contributed by atoms with Gasteiger partial charge in [0.2, 0.25) is 0 Å². The smallest absolute Gasteiger partial charge is 0.187 e. The van der Waals surface area contributed by atoms with Crippen molar-refractivity contribution in [1.82, 2.24) is 0 Å². The Balaban J connectivity index is 1.71. The van der Waals surface area contributed by atoms with Crippen LogP contribution in [-0.4, -0.2) is 107 Å². The minimum atomic E-state index is -1.47. The molecule has 3 fully saturated rings. The number of ether oxygens (including phenoxy) is 5. The fourth-order valence-electron chi connectivity index (χ4n) is 3.15. The quantitative estimate of drug-likeness (QED) is 0.347. The van der Waals surface area contributed by atoms with Gasteiger partial charge < -0.3 is 49.2 Å². The molecule has 0 aliphatic carbocycles. The standard InChI is InChI=1S/C13H22O10/c1-19-10-4(2-14)21-13(9(18)6(10)15)23-11-5-3-20-12(22-5)8(17)7(11)16/h4-18H,2-3H2,1H3/t4-,5-,6-,7-,8-,9-,10-,11-,12-,13+/m1/s1. The average molecular weight is 338 g/mol. The summed E-state index contributed by atoms with van der Waals surface area (Å²) in [4.78, 5) is 0. The summed E-state index contributed by atoms with van der Waals surface area (Å²) in [6.45, 7) is -0.345. The van der Waals surface area contributed by atoms with Gasteiger partial charge in [-0.2, -0.15) is 0 Å². The van der Waals surface area contributed by atoms with Gasteiger partial charge in [-0.25, -0.2) is 0 Å². The molecule has 10 atom stereocenters. The Labute approximate surface area is 132 Å². The Morgan fingerprint density at radius 3 is 2.30 bits per heavy atom. The van der Waals surface area contributed by atoms with E-state index >= 15 is 0 Å². The first-order chi connectivity index (χ1) is 11.0. The van der Waals surface area contributed by atoms with Gasteiger partial charge in [0.15, 0.2) is 12.6 Å². The average Bonchev–Trinajstić information content (AvgIpc) is 3.00. The fourth-order valence-corrected chi connectivity index (χ4v) is 3.15. The van der Waals surface area contributed by atoms with Gasteiger partial charge in [0, 0.05) is 7.11 Å². The molecule has 5 N–H and O–H groups in total. The number of aliphatic hydroxyl groups excluding tert-OH is 5. The lowest BCUT2D eigenvalue weighted by atomic mass is 9.97. The van der Waals surface area contributed by atoms with Crippen molar-refractivity contribution in [2.75, 3.05) is 20.3 Å². The largest absolute Gasteiger partial charge is 0.394 e. The lowest BCUT2D eigenvalue weighted by molar-refractivity contribution is -0.339. The van der Waals surface area contributed by atoms with Crippen LogP contribution in [0.5, 0.6) is 0 Å². The molecule has 23 heavy (non-hydrogen) atoms. The molecule has 10 heteroatoms. The van der Waals surface area contributed by atoms with Gasteiger partial charge in [-0.05, 0) is 0 Å². The van der Waals surface area contributed by atoms with Crippen molar-refractivity contribution in [2.24, 2.45) is 0 Å². The summed E-state index contributed by atoms with van der Waals surface area (Å²) in [6, 6.07) is 0. The monoisotopic (exact) mass is 338 g/mol. The summed E-state index contributed by atoms with van der Waals surface area (Å²) in [7, 11) is 1.32. The second-order valence-corrected chi connectivity index (χ2v) is 5.87. The zero-order valence-electron chi connectivity index (χ0n) is 12.5. The Kier molecular flexibility index (Phi) is 5.18. The van der Waals surface area contributed by atoms with E-state index in [-0.39, 0.29) is 6.61 Å². The van der Waals surface area contributed by atoms with Crippen LogP contribution >= 0.6 is 0 Å². The molecule has 134 valence electrons. The molecule has 3 aliphatic rings. The van der Waals surface area contributed by atoms with Crippen LogP contribution in [0, 0.1) is 0 Å². The SMILES string of the molecule is CO[C@H]1[C@H](O)[C@@H](O)[C@H](O[C@H]2[C@H](O)[C@@H](O)[C@@H]3OC[C@H]2O3)O[C@@H]1CO. The molecule has 0 aromatic carbocycles. The third-order valence-electron chi connectivity index (χ3n) is 4.45. The number of rotatable bonds is 4.